The number of halogens is 2. The minimum absolute atomic E-state index is 0. The Hall–Kier alpha value is -1.13. The molecule has 2 saturated carbocycles. The van der Waals surface area contributed by atoms with Crippen LogP contribution in [0.4, 0.5) is 4.39 Å². The van der Waals surface area contributed by atoms with Crippen LogP contribution in [-0.2, 0) is 6.42 Å². The van der Waals surface area contributed by atoms with Crippen molar-refractivity contribution in [3.8, 4) is 0 Å². The van der Waals surface area contributed by atoms with Crippen LogP contribution in [0.25, 0.3) is 0 Å². The largest absolute Gasteiger partial charge is 0.351 e. The molecule has 0 heterocycles. The molecule has 0 unspecified atom stereocenters. The minimum Gasteiger partial charge on any atom is -0.351 e. The predicted octanol–water partition coefficient (Wildman–Crippen LogP) is 5.56. The molecule has 3 rings (SSSR count). The average Bonchev–Trinajstić information content (AvgIpc) is 2.67. The number of benzene rings is 1. The van der Waals surface area contributed by atoms with Crippen molar-refractivity contribution in [3.63, 3.8) is 0 Å². The smallest absolute Gasteiger partial charge is 0.252 e. The Kier molecular flexibility index (Phi) is 9.23. The standard InChI is InChI=1S/C22H32ClFN2O.CH4/c23-20-8-7-17(6-3-12-25-13-11-24)14-19(20)21(27)26-16-22-9-1-4-18(15-22)5-2-10-22;/h7-8,14,18,25H,1-6,9-13,15-16H2,(H,26,27);1H4. The highest BCUT2D eigenvalue weighted by molar-refractivity contribution is 6.33. The molecular weight excluding hydrogens is 375 g/mol. The molecule has 0 saturated heterocycles. The molecule has 2 N–H and O–H groups in total. The van der Waals surface area contributed by atoms with Crippen molar-refractivity contribution >= 4 is 17.5 Å². The summed E-state index contributed by atoms with van der Waals surface area (Å²) in [6.45, 7) is 1.61. The summed E-state index contributed by atoms with van der Waals surface area (Å²) >= 11 is 6.30. The first-order chi connectivity index (χ1) is 13.1. The van der Waals surface area contributed by atoms with Crippen LogP contribution in [0.5, 0.6) is 0 Å². The summed E-state index contributed by atoms with van der Waals surface area (Å²) in [5.74, 6) is 0.807. The van der Waals surface area contributed by atoms with Crippen LogP contribution in [0.1, 0.15) is 74.7 Å². The van der Waals surface area contributed by atoms with Gasteiger partial charge < -0.3 is 10.6 Å². The van der Waals surface area contributed by atoms with E-state index in [1.54, 1.807) is 0 Å². The van der Waals surface area contributed by atoms with Crippen LogP contribution in [0, 0.1) is 11.3 Å². The second kappa shape index (κ2) is 11.2. The summed E-state index contributed by atoms with van der Waals surface area (Å²) in [4.78, 5) is 12.8. The molecule has 1 aromatic rings. The number of nitrogens with one attached hydrogen (secondary N) is 2. The van der Waals surface area contributed by atoms with Crippen LogP contribution in [0.15, 0.2) is 18.2 Å². The van der Waals surface area contributed by atoms with E-state index in [-0.39, 0.29) is 20.0 Å². The van der Waals surface area contributed by atoms with Gasteiger partial charge in [-0.2, -0.15) is 0 Å². The summed E-state index contributed by atoms with van der Waals surface area (Å²) in [5.41, 5.74) is 1.98. The van der Waals surface area contributed by atoms with Gasteiger partial charge in [-0.05, 0) is 67.7 Å². The fraction of sp³-hybridized carbons (Fsp3) is 0.696. The summed E-state index contributed by atoms with van der Waals surface area (Å²) in [6.07, 6.45) is 10.8. The van der Waals surface area contributed by atoms with Crippen LogP contribution in [0.2, 0.25) is 5.02 Å². The van der Waals surface area contributed by atoms with E-state index in [0.717, 1.165) is 37.4 Å². The van der Waals surface area contributed by atoms with Gasteiger partial charge in [-0.25, -0.2) is 4.39 Å². The number of carbonyl (C=O) groups excluding carboxylic acids is 1. The molecular formula is C23H36ClFN2O. The van der Waals surface area contributed by atoms with Gasteiger partial charge in [-0.3, -0.25) is 4.79 Å². The van der Waals surface area contributed by atoms with Crippen LogP contribution >= 0.6 is 11.6 Å². The molecule has 3 nitrogen and oxygen atoms in total. The number of hydrogen-bond donors (Lipinski definition) is 2. The van der Waals surface area contributed by atoms with Gasteiger partial charge in [-0.1, -0.05) is 50.8 Å². The average molecular weight is 411 g/mol. The number of alkyl halides is 1. The third kappa shape index (κ3) is 6.18. The molecule has 2 bridgehead atoms. The van der Waals surface area contributed by atoms with Crippen molar-refractivity contribution in [2.45, 2.75) is 65.2 Å². The van der Waals surface area contributed by atoms with E-state index in [2.05, 4.69) is 10.6 Å². The molecule has 0 atom stereocenters. The second-order valence-electron chi connectivity index (χ2n) is 8.39. The van der Waals surface area contributed by atoms with Crippen LogP contribution in [-0.4, -0.2) is 32.2 Å². The zero-order valence-electron chi connectivity index (χ0n) is 16.2. The molecule has 1 aromatic carbocycles. The first-order valence-corrected chi connectivity index (χ1v) is 10.8. The number of fused-ring (bicyclic) bond motifs is 2. The minimum atomic E-state index is -0.340. The van der Waals surface area contributed by atoms with E-state index in [4.69, 9.17) is 11.6 Å². The topological polar surface area (TPSA) is 41.1 Å². The van der Waals surface area contributed by atoms with E-state index >= 15 is 0 Å². The van der Waals surface area contributed by atoms with Crippen molar-refractivity contribution in [3.05, 3.63) is 34.3 Å². The van der Waals surface area contributed by atoms with Crippen LogP contribution in [0.3, 0.4) is 0 Å². The van der Waals surface area contributed by atoms with E-state index in [9.17, 15) is 9.18 Å². The lowest BCUT2D eigenvalue weighted by Crippen LogP contribution is -2.43. The van der Waals surface area contributed by atoms with E-state index in [1.807, 2.05) is 18.2 Å². The molecule has 0 aliphatic heterocycles. The summed E-state index contributed by atoms with van der Waals surface area (Å²) in [6, 6.07) is 5.70. The number of hydrogen-bond acceptors (Lipinski definition) is 2. The van der Waals surface area contributed by atoms with E-state index in [1.165, 1.54) is 44.9 Å². The highest BCUT2D eigenvalue weighted by atomic mass is 35.5. The summed E-state index contributed by atoms with van der Waals surface area (Å²) in [5, 5.41) is 6.75. The highest BCUT2D eigenvalue weighted by Gasteiger charge is 2.39. The summed E-state index contributed by atoms with van der Waals surface area (Å²) < 4.78 is 12.1. The number of aryl methyl sites for hydroxylation is 1. The van der Waals surface area contributed by atoms with Gasteiger partial charge in [0.15, 0.2) is 0 Å². The molecule has 0 aromatic heterocycles. The summed E-state index contributed by atoms with van der Waals surface area (Å²) in [7, 11) is 0. The monoisotopic (exact) mass is 410 g/mol. The molecule has 28 heavy (non-hydrogen) atoms. The Bertz CT molecular complexity index is 627. The first-order valence-electron chi connectivity index (χ1n) is 10.5. The molecule has 0 radical (unpaired) electrons. The SMILES string of the molecule is C.O=C(NCC12CCCC(CCC1)C2)c1cc(CCCNCCF)ccc1Cl. The molecule has 158 valence electrons. The zero-order chi connectivity index (χ0) is 19.1. The zero-order valence-corrected chi connectivity index (χ0v) is 16.9. The Balaban J connectivity index is 0.00000280. The van der Waals surface area contributed by atoms with Crippen molar-refractivity contribution in [1.29, 1.82) is 0 Å². The van der Waals surface area contributed by atoms with Gasteiger partial charge in [0.25, 0.3) is 5.91 Å². The van der Waals surface area contributed by atoms with Gasteiger partial charge in [0.05, 0.1) is 10.6 Å². The fourth-order valence-electron chi connectivity index (χ4n) is 4.94. The molecule has 2 aliphatic carbocycles. The predicted molar refractivity (Wildman–Crippen MR) is 116 cm³/mol. The second-order valence-corrected chi connectivity index (χ2v) is 8.80. The lowest BCUT2D eigenvalue weighted by Gasteiger charge is -2.45. The number of amides is 1. The van der Waals surface area contributed by atoms with Gasteiger partial charge >= 0.3 is 0 Å². The molecule has 2 aliphatic rings. The molecule has 0 spiro atoms. The van der Waals surface area contributed by atoms with Gasteiger partial charge in [-0.15, -0.1) is 0 Å². The highest BCUT2D eigenvalue weighted by Crippen LogP contribution is 2.48. The Morgan fingerprint density at radius 3 is 2.68 bits per heavy atom. The van der Waals surface area contributed by atoms with Gasteiger partial charge in [0.1, 0.15) is 6.67 Å². The van der Waals surface area contributed by atoms with Crippen molar-refractivity contribution in [1.82, 2.24) is 10.6 Å². The van der Waals surface area contributed by atoms with E-state index < -0.39 is 0 Å². The lowest BCUT2D eigenvalue weighted by atomic mass is 9.62. The normalized spacial score (nSPS) is 23.7. The number of carbonyl (C=O) groups is 1. The maximum absolute atomic E-state index is 12.8. The Labute approximate surface area is 174 Å². The van der Waals surface area contributed by atoms with Gasteiger partial charge in [0.2, 0.25) is 0 Å². The molecule has 1 amide bonds. The molecule has 5 heteroatoms. The van der Waals surface area contributed by atoms with Crippen molar-refractivity contribution in [2.24, 2.45) is 11.3 Å². The molecule has 2 fully saturated rings. The van der Waals surface area contributed by atoms with Gasteiger partial charge in [0, 0.05) is 13.1 Å². The lowest BCUT2D eigenvalue weighted by molar-refractivity contribution is 0.0682. The first kappa shape index (κ1) is 23.2. The number of rotatable bonds is 9. The maximum atomic E-state index is 12.8. The van der Waals surface area contributed by atoms with E-state index in [0.29, 0.717) is 22.5 Å². The third-order valence-corrected chi connectivity index (χ3v) is 6.68. The quantitative estimate of drug-likeness (QED) is 0.523. The van der Waals surface area contributed by atoms with Crippen LogP contribution < -0.4 is 10.6 Å². The fourth-order valence-corrected chi connectivity index (χ4v) is 5.15. The Morgan fingerprint density at radius 2 is 1.96 bits per heavy atom. The third-order valence-electron chi connectivity index (χ3n) is 6.35. The van der Waals surface area contributed by atoms with Crippen molar-refractivity contribution < 1.29 is 9.18 Å². The Morgan fingerprint density at radius 1 is 1.21 bits per heavy atom. The van der Waals surface area contributed by atoms with Crippen molar-refractivity contribution in [2.75, 3.05) is 26.3 Å². The maximum Gasteiger partial charge on any atom is 0.252 e.